The first kappa shape index (κ1) is 9.61. The Morgan fingerprint density at radius 1 is 1.75 bits per heavy atom. The Morgan fingerprint density at radius 2 is 2.50 bits per heavy atom. The monoisotopic (exact) mass is 185 g/mol. The Kier molecular flexibility index (Phi) is 3.62. The molecule has 3 nitrogen and oxygen atoms in total. The average molecular weight is 185 g/mol. The quantitative estimate of drug-likeness (QED) is 0.713. The second kappa shape index (κ2) is 4.52. The van der Waals surface area contributed by atoms with Gasteiger partial charge >= 0.3 is 0 Å². The fourth-order valence-corrected chi connectivity index (χ4v) is 1.93. The molecular formula is C8H15N3S. The van der Waals surface area contributed by atoms with Crippen molar-refractivity contribution < 1.29 is 0 Å². The summed E-state index contributed by atoms with van der Waals surface area (Å²) in [7, 11) is 3.98. The largest absolute Gasteiger partial charge is 0.329 e. The first-order chi connectivity index (χ1) is 5.74. The van der Waals surface area contributed by atoms with Crippen molar-refractivity contribution in [3.8, 4) is 0 Å². The maximum absolute atomic E-state index is 4.24. The zero-order chi connectivity index (χ0) is 8.97. The molecule has 0 amide bonds. The number of aryl methyl sites for hydroxylation is 1. The van der Waals surface area contributed by atoms with Gasteiger partial charge in [-0.05, 0) is 7.05 Å². The van der Waals surface area contributed by atoms with E-state index in [2.05, 4.69) is 17.2 Å². The summed E-state index contributed by atoms with van der Waals surface area (Å²) in [6.45, 7) is 3.20. The Hall–Kier alpha value is -0.480. The molecule has 0 aromatic carbocycles. The molecule has 1 unspecified atom stereocenters. The van der Waals surface area contributed by atoms with Crippen LogP contribution in [0.5, 0.6) is 0 Å². The van der Waals surface area contributed by atoms with Gasteiger partial charge in [0.1, 0.15) is 0 Å². The fraction of sp³-hybridized carbons (Fsp3) is 0.625. The third kappa shape index (κ3) is 2.53. The van der Waals surface area contributed by atoms with Crippen LogP contribution in [-0.2, 0) is 7.05 Å². The minimum Gasteiger partial charge on any atom is -0.329 e. The Labute approximate surface area is 77.6 Å². The summed E-state index contributed by atoms with van der Waals surface area (Å²) < 4.78 is 2.04. The van der Waals surface area contributed by atoms with Gasteiger partial charge in [0.05, 0.1) is 0 Å². The lowest BCUT2D eigenvalue weighted by Gasteiger charge is -2.09. The smallest absolute Gasteiger partial charge is 0.167 e. The van der Waals surface area contributed by atoms with Crippen LogP contribution < -0.4 is 5.32 Å². The molecule has 0 saturated heterocycles. The van der Waals surface area contributed by atoms with Gasteiger partial charge in [0.15, 0.2) is 5.16 Å². The Bertz CT molecular complexity index is 234. The normalized spacial score (nSPS) is 13.2. The second-order valence-electron chi connectivity index (χ2n) is 2.81. The summed E-state index contributed by atoms with van der Waals surface area (Å²) in [5, 5.41) is 4.79. The van der Waals surface area contributed by atoms with Crippen molar-refractivity contribution in [1.82, 2.24) is 14.9 Å². The Balaban J connectivity index is 2.46. The summed E-state index contributed by atoms with van der Waals surface area (Å²) in [6.07, 6.45) is 3.79. The summed E-state index contributed by atoms with van der Waals surface area (Å²) in [6, 6.07) is 0. The first-order valence-electron chi connectivity index (χ1n) is 4.02. The highest BCUT2D eigenvalue weighted by atomic mass is 32.2. The highest BCUT2D eigenvalue weighted by Gasteiger charge is 2.05. The van der Waals surface area contributed by atoms with E-state index in [1.165, 1.54) is 0 Å². The summed E-state index contributed by atoms with van der Waals surface area (Å²) >= 11 is 1.79. The van der Waals surface area contributed by atoms with Crippen molar-refractivity contribution in [2.45, 2.75) is 17.3 Å². The number of nitrogens with zero attached hydrogens (tertiary/aromatic N) is 2. The number of thioether (sulfide) groups is 1. The molecule has 4 heteroatoms. The van der Waals surface area contributed by atoms with Gasteiger partial charge in [-0.15, -0.1) is 0 Å². The number of imidazole rings is 1. The standard InChI is InChI=1S/C8H15N3S/c1-7(6-9-2)12-8-10-4-5-11(8)3/h4-5,7,9H,6H2,1-3H3. The molecule has 0 saturated carbocycles. The lowest BCUT2D eigenvalue weighted by atomic mass is 10.5. The zero-order valence-corrected chi connectivity index (χ0v) is 8.56. The van der Waals surface area contributed by atoms with Crippen molar-refractivity contribution in [3.63, 3.8) is 0 Å². The molecule has 0 fully saturated rings. The predicted molar refractivity (Wildman–Crippen MR) is 52.5 cm³/mol. The molecule has 1 heterocycles. The van der Waals surface area contributed by atoms with E-state index < -0.39 is 0 Å². The summed E-state index contributed by atoms with van der Waals surface area (Å²) in [5.74, 6) is 0. The van der Waals surface area contributed by atoms with Gasteiger partial charge in [0, 0.05) is 31.2 Å². The molecule has 0 aliphatic heterocycles. The molecule has 0 aliphatic rings. The van der Waals surface area contributed by atoms with Gasteiger partial charge in [-0.25, -0.2) is 4.98 Å². The molecule has 1 N–H and O–H groups in total. The zero-order valence-electron chi connectivity index (χ0n) is 7.74. The highest BCUT2D eigenvalue weighted by Crippen LogP contribution is 2.19. The van der Waals surface area contributed by atoms with E-state index in [4.69, 9.17) is 0 Å². The fourth-order valence-electron chi connectivity index (χ4n) is 0.975. The maximum atomic E-state index is 4.24. The lowest BCUT2D eigenvalue weighted by Crippen LogP contribution is -2.18. The molecule has 1 rings (SSSR count). The number of hydrogen-bond donors (Lipinski definition) is 1. The SMILES string of the molecule is CNCC(C)Sc1nccn1C. The predicted octanol–water partition coefficient (Wildman–Crippen LogP) is 1.12. The minimum absolute atomic E-state index is 0.566. The summed E-state index contributed by atoms with van der Waals surface area (Å²) in [4.78, 5) is 4.24. The van der Waals surface area contributed by atoms with Gasteiger partial charge in [0.2, 0.25) is 0 Å². The number of hydrogen-bond acceptors (Lipinski definition) is 3. The van der Waals surface area contributed by atoms with E-state index in [0.717, 1.165) is 11.7 Å². The molecule has 0 spiro atoms. The van der Waals surface area contributed by atoms with E-state index >= 15 is 0 Å². The van der Waals surface area contributed by atoms with Gasteiger partial charge < -0.3 is 9.88 Å². The maximum Gasteiger partial charge on any atom is 0.167 e. The topological polar surface area (TPSA) is 29.9 Å². The molecule has 1 atom stereocenters. The van der Waals surface area contributed by atoms with Crippen LogP contribution in [-0.4, -0.2) is 28.4 Å². The lowest BCUT2D eigenvalue weighted by molar-refractivity contribution is 0.760. The van der Waals surface area contributed by atoms with Crippen molar-refractivity contribution in [2.75, 3.05) is 13.6 Å². The van der Waals surface area contributed by atoms with Crippen molar-refractivity contribution in [1.29, 1.82) is 0 Å². The van der Waals surface area contributed by atoms with Crippen LogP contribution in [0, 0.1) is 0 Å². The van der Waals surface area contributed by atoms with E-state index in [1.54, 1.807) is 11.8 Å². The second-order valence-corrected chi connectivity index (χ2v) is 4.21. The Morgan fingerprint density at radius 3 is 3.00 bits per heavy atom. The third-order valence-electron chi connectivity index (χ3n) is 1.58. The molecule has 1 aromatic rings. The van der Waals surface area contributed by atoms with E-state index in [1.807, 2.05) is 31.1 Å². The van der Waals surface area contributed by atoms with Crippen LogP contribution in [0.4, 0.5) is 0 Å². The third-order valence-corrected chi connectivity index (χ3v) is 2.75. The minimum atomic E-state index is 0.566. The first-order valence-corrected chi connectivity index (χ1v) is 4.90. The molecule has 0 aliphatic carbocycles. The molecule has 0 bridgehead atoms. The van der Waals surface area contributed by atoms with Crippen LogP contribution >= 0.6 is 11.8 Å². The number of rotatable bonds is 4. The van der Waals surface area contributed by atoms with Crippen molar-refractivity contribution in [3.05, 3.63) is 12.4 Å². The molecule has 68 valence electrons. The van der Waals surface area contributed by atoms with Gasteiger partial charge in [-0.3, -0.25) is 0 Å². The molecule has 0 radical (unpaired) electrons. The molecule has 1 aromatic heterocycles. The van der Waals surface area contributed by atoms with Crippen LogP contribution in [0.25, 0.3) is 0 Å². The van der Waals surface area contributed by atoms with Gasteiger partial charge in [-0.1, -0.05) is 18.7 Å². The van der Waals surface area contributed by atoms with Crippen LogP contribution in [0.3, 0.4) is 0 Å². The molecule has 12 heavy (non-hydrogen) atoms. The number of nitrogens with one attached hydrogen (secondary N) is 1. The number of aromatic nitrogens is 2. The van der Waals surface area contributed by atoms with E-state index in [0.29, 0.717) is 5.25 Å². The van der Waals surface area contributed by atoms with Gasteiger partial charge in [-0.2, -0.15) is 0 Å². The van der Waals surface area contributed by atoms with Crippen molar-refractivity contribution in [2.24, 2.45) is 7.05 Å². The van der Waals surface area contributed by atoms with Crippen LogP contribution in [0.15, 0.2) is 17.6 Å². The van der Waals surface area contributed by atoms with Crippen LogP contribution in [0.2, 0.25) is 0 Å². The van der Waals surface area contributed by atoms with E-state index in [9.17, 15) is 0 Å². The van der Waals surface area contributed by atoms with E-state index in [-0.39, 0.29) is 0 Å². The van der Waals surface area contributed by atoms with Crippen LogP contribution in [0.1, 0.15) is 6.92 Å². The summed E-state index contributed by atoms with van der Waals surface area (Å²) in [5.41, 5.74) is 0. The van der Waals surface area contributed by atoms with Crippen molar-refractivity contribution >= 4 is 11.8 Å². The van der Waals surface area contributed by atoms with Gasteiger partial charge in [0.25, 0.3) is 0 Å². The average Bonchev–Trinajstić information content (AvgIpc) is 2.37. The molecular weight excluding hydrogens is 170 g/mol. The highest BCUT2D eigenvalue weighted by molar-refractivity contribution is 7.99.